The van der Waals surface area contributed by atoms with Crippen molar-refractivity contribution in [1.29, 1.82) is 0 Å². The molecule has 97 heavy (non-hydrogen) atoms. The van der Waals surface area contributed by atoms with E-state index in [2.05, 4.69) is 17.9 Å². The Labute approximate surface area is 680 Å². The number of hydrogen-bond acceptors (Lipinski definition) is 43. The van der Waals surface area contributed by atoms with Gasteiger partial charge >= 0.3 is 177 Å². The van der Waals surface area contributed by atoms with Crippen LogP contribution in [0.4, 0.5) is 0 Å². The van der Waals surface area contributed by atoms with Crippen LogP contribution in [0.1, 0.15) is 20.8 Å². The molecule has 0 radical (unpaired) electrons. The minimum atomic E-state index is -5.82. The maximum atomic E-state index is 12.9. The summed E-state index contributed by atoms with van der Waals surface area (Å²) in [6, 6.07) is -6.80. The number of carbonyl (C=O) groups is 7. The summed E-state index contributed by atoms with van der Waals surface area (Å²) < 4.78 is 169. The van der Waals surface area contributed by atoms with E-state index < -0.39 is 264 Å². The second-order valence-corrected chi connectivity index (χ2v) is 23.3. The number of ether oxygens (including phenoxy) is 10. The smallest absolute Gasteiger partial charge is 0.726 e. The van der Waals surface area contributed by atoms with E-state index in [1.165, 1.54) is 0 Å². The Morgan fingerprint density at radius 2 is 0.794 bits per heavy atom. The molecule has 0 saturated carbocycles. The van der Waals surface area contributed by atoms with Crippen LogP contribution < -0.4 is 209 Å². The second kappa shape index (κ2) is 43.3. The first-order valence-electron chi connectivity index (χ1n) is 25.7. The number of hydrogen-bond donors (Lipinski definition) is 14. The van der Waals surface area contributed by atoms with Crippen LogP contribution in [0.5, 0.6) is 0 Å². The van der Waals surface area contributed by atoms with Crippen molar-refractivity contribution in [2.45, 2.75) is 199 Å². The zero-order valence-electron chi connectivity index (χ0n) is 52.1. The van der Waals surface area contributed by atoms with Crippen LogP contribution in [0, 0.1) is 0 Å². The number of carboxylic acids is 3. The summed E-state index contributed by atoms with van der Waals surface area (Å²) in [7, 11) is -17.1. The van der Waals surface area contributed by atoms with Gasteiger partial charge in [-0.25, -0.2) is 25.3 Å². The van der Waals surface area contributed by atoms with E-state index >= 15 is 0 Å². The molecule has 0 aliphatic carbocycles. The van der Waals surface area contributed by atoms with Gasteiger partial charge in [0.2, 0.25) is 48.9 Å². The van der Waals surface area contributed by atoms with Gasteiger partial charge in [-0.1, -0.05) is 0 Å². The molecule has 5 fully saturated rings. The fourth-order valence-corrected chi connectivity index (χ4v) is 10.4. The summed E-state index contributed by atoms with van der Waals surface area (Å²) in [6.07, 6.45) is -68.4. The number of nitrogens with one attached hydrogen (secondary N) is 3. The van der Waals surface area contributed by atoms with Gasteiger partial charge in [-0.3, -0.25) is 26.9 Å². The SMILES string of the molecule is CC(=O)N[C@H]1[C@H](O[C@H]2[C@H](O)[C@@H](O)[C@H](O[C@H]3[C@@H](O)[C@@H](COS(=O)(=O)[O-])O[C@@H](O[C@H]4[C@H](O)[C@@H](O)[C@H](O[C@@H]([C@@H](O)[C@H](O)COS(=O)(=O)[O-])[C@H](C=O)NC(C)=O)O[C@@H]4C(=O)[O-])[C@@H]3NC(C)=O)O[C@@H]2C(=O)[O-])O[C@H](COS(=O)(=O)[O-])[C@H](O)[C@@H]1O[C@@H]1O[C@H](C(=O)[O-])[C@@H](O)[C@H](O)[C@H]1O.[Na+].[Na+].[Na+].[Na+].[Na+].[Na+]. The Bertz CT molecular complexity index is 2930. The molecule has 5 rings (SSSR count). The Kier molecular flexibility index (Phi) is 44.8. The fourth-order valence-electron chi connectivity index (χ4n) is 9.53. The van der Waals surface area contributed by atoms with Gasteiger partial charge in [0.25, 0.3) is 0 Å². The first-order valence-corrected chi connectivity index (χ1v) is 29.7. The van der Waals surface area contributed by atoms with Crippen LogP contribution >= 0.6 is 0 Å². The van der Waals surface area contributed by atoms with Crippen molar-refractivity contribution >= 4 is 73.1 Å². The minimum absolute atomic E-state index is 0. The molecule has 0 bridgehead atoms. The molecule has 5 aliphatic rings. The zero-order chi connectivity index (χ0) is 68.8. The third-order valence-corrected chi connectivity index (χ3v) is 14.9. The van der Waals surface area contributed by atoms with Crippen LogP contribution in [0.2, 0.25) is 0 Å². The molecule has 5 heterocycles. The van der Waals surface area contributed by atoms with E-state index in [1.807, 2.05) is 10.6 Å². The number of carbonyl (C=O) groups excluding carboxylic acids is 7. The molecule has 5 aliphatic heterocycles. The Balaban J connectivity index is 0. The normalized spacial score (nSPS) is 36.4. The molecule has 524 valence electrons. The molecule has 0 aromatic rings. The first-order chi connectivity index (χ1) is 42.0. The maximum Gasteiger partial charge on any atom is 1.00 e. The summed E-state index contributed by atoms with van der Waals surface area (Å²) in [5, 5.41) is 165. The van der Waals surface area contributed by atoms with Gasteiger partial charge in [-0.15, -0.1) is 0 Å². The summed E-state index contributed by atoms with van der Waals surface area (Å²) in [4.78, 5) is 87.1. The Morgan fingerprint density at radius 1 is 0.454 bits per heavy atom. The van der Waals surface area contributed by atoms with Gasteiger partial charge in [-0.2, -0.15) is 0 Å². The standard InChI is InChI=1S/C42H65N3O43S3.6Na/c1-8(47)43-11(4-46)27(17(51)12(50)5-76-89(67,68)69)81-41-25(59)22(56)30(33(87-41)36(63)64)84-39-16(45-10(3)49)29(19(53)14(80-39)7-78-91(73,74)75)83-42-26(60)23(57)31(34(88-42)37(65)66)85-38-15(44-9(2)48)28(18(52)13(79-38)6-77-90(70,71)72)82-40-24(58)20(54)21(55)32(86-40)35(61)62;;;;;;/h4,11-34,38-42,50-60H,5-7H2,1-3H3,(H,43,47)(H,44,48)(H,45,49)(H,61,62)(H,63,64)(H,65,66)(H,67,68,69)(H,70,71,72)(H,73,74,75);;;;;;/q;6*+1/p-6/t11-,12+,13+,14+,15+,16+,17-,18-,19-,20-,21-,22+,23+,24+,25+,26+,27+,28+,29+,30-,31-,32-,33-,34-,38-,39-,40+,41+,42+;;;;;;/m0....../s1. The quantitative estimate of drug-likeness (QED) is 0.0143. The third kappa shape index (κ3) is 28.1. The van der Waals surface area contributed by atoms with Crippen molar-refractivity contribution in [2.24, 2.45) is 0 Å². The van der Waals surface area contributed by atoms with E-state index in [1.54, 1.807) is 0 Å². The van der Waals surface area contributed by atoms with Crippen molar-refractivity contribution < 1.29 is 381 Å². The molecule has 0 unspecified atom stereocenters. The number of amides is 3. The van der Waals surface area contributed by atoms with Gasteiger partial charge in [0.05, 0.1) is 37.7 Å². The van der Waals surface area contributed by atoms with E-state index in [-0.39, 0.29) is 184 Å². The molecule has 0 aromatic carbocycles. The molecule has 55 heteroatoms. The van der Waals surface area contributed by atoms with Crippen molar-refractivity contribution in [2.75, 3.05) is 19.8 Å². The number of aliphatic carboxylic acids is 3. The van der Waals surface area contributed by atoms with Gasteiger partial charge in [0.15, 0.2) is 31.5 Å². The largest absolute Gasteiger partial charge is 1.00 e. The average molecular weight is 1530 g/mol. The predicted molar refractivity (Wildman–Crippen MR) is 255 cm³/mol. The van der Waals surface area contributed by atoms with Gasteiger partial charge in [0.1, 0.15) is 153 Å². The van der Waals surface area contributed by atoms with Crippen LogP contribution in [-0.2, 0) is 125 Å². The van der Waals surface area contributed by atoms with E-state index in [9.17, 15) is 144 Å². The van der Waals surface area contributed by atoms with E-state index in [4.69, 9.17) is 47.4 Å². The van der Waals surface area contributed by atoms with Crippen molar-refractivity contribution in [3.63, 3.8) is 0 Å². The fraction of sp³-hybridized carbons (Fsp3) is 0.833. The molecule has 29 atom stereocenters. The van der Waals surface area contributed by atoms with Crippen LogP contribution in [0.15, 0.2) is 0 Å². The van der Waals surface area contributed by atoms with Crippen LogP contribution in [0.25, 0.3) is 0 Å². The van der Waals surface area contributed by atoms with Crippen molar-refractivity contribution in [3.8, 4) is 0 Å². The molecule has 0 spiro atoms. The molecular weight excluding hydrogens is 1470 g/mol. The molecular formula is C42H59N3Na6O43S3. The number of aliphatic hydroxyl groups excluding tert-OH is 11. The number of carboxylic acid groups (broad SMARTS) is 3. The van der Waals surface area contributed by atoms with E-state index in [0.29, 0.717) is 6.92 Å². The Morgan fingerprint density at radius 3 is 1.13 bits per heavy atom. The number of aliphatic hydroxyl groups is 11. The average Bonchev–Trinajstić information content (AvgIpc) is 0.771. The zero-order valence-corrected chi connectivity index (χ0v) is 66.6. The second-order valence-electron chi connectivity index (χ2n) is 20.2. The molecule has 14 N–H and O–H groups in total. The minimum Gasteiger partial charge on any atom is -0.726 e. The maximum absolute atomic E-state index is 12.9. The van der Waals surface area contributed by atoms with E-state index in [0.717, 1.165) is 13.8 Å². The number of rotatable bonds is 29. The van der Waals surface area contributed by atoms with Gasteiger partial charge in [-0.05, 0) is 0 Å². The first kappa shape index (κ1) is 100. The number of aldehydes is 1. The third-order valence-electron chi connectivity index (χ3n) is 13.6. The van der Waals surface area contributed by atoms with Gasteiger partial charge < -0.3 is 168 Å². The molecule has 0 aromatic heterocycles. The van der Waals surface area contributed by atoms with Crippen LogP contribution in [0.3, 0.4) is 0 Å². The predicted octanol–water partition coefficient (Wildman–Crippen LogP) is -37.1. The molecule has 46 nitrogen and oxygen atoms in total. The van der Waals surface area contributed by atoms with Crippen LogP contribution in [-0.4, -0.2) is 335 Å². The topological polar surface area (TPSA) is 739 Å². The summed E-state index contributed by atoms with van der Waals surface area (Å²) in [6.45, 7) is -2.54. The summed E-state index contributed by atoms with van der Waals surface area (Å²) in [5.74, 6) is -10.7. The molecule has 5 saturated heterocycles. The van der Waals surface area contributed by atoms with Crippen molar-refractivity contribution in [3.05, 3.63) is 0 Å². The van der Waals surface area contributed by atoms with Crippen molar-refractivity contribution in [1.82, 2.24) is 16.0 Å². The summed E-state index contributed by atoms with van der Waals surface area (Å²) in [5.41, 5.74) is 0. The Hall–Kier alpha value is 1.26. The summed E-state index contributed by atoms with van der Waals surface area (Å²) >= 11 is 0. The van der Waals surface area contributed by atoms with Gasteiger partial charge in [0, 0.05) is 20.8 Å². The molecule has 3 amide bonds. The monoisotopic (exact) mass is 1530 g/mol.